The summed E-state index contributed by atoms with van der Waals surface area (Å²) >= 11 is 0. The van der Waals surface area contributed by atoms with Gasteiger partial charge in [0, 0.05) is 32.8 Å². The van der Waals surface area contributed by atoms with Gasteiger partial charge < -0.3 is 9.64 Å². The summed E-state index contributed by atoms with van der Waals surface area (Å²) in [6.07, 6.45) is 1.48. The van der Waals surface area contributed by atoms with Crippen molar-refractivity contribution in [2.75, 3.05) is 32.8 Å². The monoisotopic (exact) mass is 374 g/mol. The summed E-state index contributed by atoms with van der Waals surface area (Å²) in [6.45, 7) is 2.98. The van der Waals surface area contributed by atoms with Crippen molar-refractivity contribution < 1.29 is 26.7 Å². The van der Waals surface area contributed by atoms with Gasteiger partial charge in [-0.25, -0.2) is 17.2 Å². The number of halogens is 2. The number of nitrogens with zero attached hydrogens (tertiary/aromatic N) is 2. The van der Waals surface area contributed by atoms with Crippen molar-refractivity contribution in [3.8, 4) is 0 Å². The van der Waals surface area contributed by atoms with Gasteiger partial charge in [-0.2, -0.15) is 4.31 Å². The fourth-order valence-corrected chi connectivity index (χ4v) is 4.63. The standard InChI is InChI=1S/C16H20F2N2O4S/c1-16(5-2-10-24-16)15(21)19-6-8-20(9-7-19)25(22,23)12-3-4-13(17)14(18)11-12/h3-4,11H,2,5-10H2,1H3/t16-/m1/s1. The number of hydrogen-bond donors (Lipinski definition) is 0. The molecule has 3 rings (SSSR count). The number of carbonyl (C=O) groups excluding carboxylic acids is 1. The van der Waals surface area contributed by atoms with Crippen LogP contribution in [-0.2, 0) is 19.6 Å². The summed E-state index contributed by atoms with van der Waals surface area (Å²) in [5.74, 6) is -2.43. The Hall–Kier alpha value is -1.58. The maximum absolute atomic E-state index is 13.3. The van der Waals surface area contributed by atoms with Crippen LogP contribution in [-0.4, -0.2) is 61.9 Å². The molecule has 0 N–H and O–H groups in total. The smallest absolute Gasteiger partial charge is 0.254 e. The van der Waals surface area contributed by atoms with E-state index in [1.807, 2.05) is 0 Å². The average molecular weight is 374 g/mol. The Morgan fingerprint density at radius 2 is 1.84 bits per heavy atom. The molecule has 1 atom stereocenters. The first-order valence-corrected chi connectivity index (χ1v) is 9.57. The second kappa shape index (κ2) is 6.62. The molecule has 2 aliphatic heterocycles. The van der Waals surface area contributed by atoms with E-state index in [9.17, 15) is 22.0 Å². The Balaban J connectivity index is 1.69. The Bertz CT molecular complexity index is 770. The van der Waals surface area contributed by atoms with E-state index in [0.29, 0.717) is 19.1 Å². The zero-order chi connectivity index (χ0) is 18.2. The van der Waals surface area contributed by atoms with E-state index in [2.05, 4.69) is 0 Å². The second-order valence-electron chi connectivity index (χ2n) is 6.46. The molecule has 2 heterocycles. The van der Waals surface area contributed by atoms with Gasteiger partial charge in [-0.3, -0.25) is 4.79 Å². The molecule has 1 amide bonds. The van der Waals surface area contributed by atoms with Crippen LogP contribution in [0.5, 0.6) is 0 Å². The van der Waals surface area contributed by atoms with Crippen LogP contribution in [0.15, 0.2) is 23.1 Å². The lowest BCUT2D eigenvalue weighted by atomic mass is 10.0. The molecule has 0 aliphatic carbocycles. The molecule has 2 aliphatic rings. The van der Waals surface area contributed by atoms with Gasteiger partial charge in [-0.1, -0.05) is 0 Å². The molecule has 9 heteroatoms. The summed E-state index contributed by atoms with van der Waals surface area (Å²) in [5, 5.41) is 0. The van der Waals surface area contributed by atoms with Crippen LogP contribution in [0.4, 0.5) is 8.78 Å². The first-order valence-electron chi connectivity index (χ1n) is 8.13. The number of hydrogen-bond acceptors (Lipinski definition) is 4. The number of sulfonamides is 1. The lowest BCUT2D eigenvalue weighted by Crippen LogP contribution is -2.55. The van der Waals surface area contributed by atoms with Gasteiger partial charge in [0.2, 0.25) is 10.0 Å². The van der Waals surface area contributed by atoms with Crippen molar-refractivity contribution in [2.24, 2.45) is 0 Å². The largest absolute Gasteiger partial charge is 0.365 e. The molecule has 2 saturated heterocycles. The van der Waals surface area contributed by atoms with E-state index < -0.39 is 27.3 Å². The molecule has 25 heavy (non-hydrogen) atoms. The highest BCUT2D eigenvalue weighted by atomic mass is 32.2. The van der Waals surface area contributed by atoms with E-state index in [1.165, 1.54) is 4.31 Å². The Labute approximate surface area is 145 Å². The summed E-state index contributed by atoms with van der Waals surface area (Å²) in [5.41, 5.74) is -0.832. The molecule has 0 unspecified atom stereocenters. The Morgan fingerprint density at radius 1 is 1.16 bits per heavy atom. The van der Waals surface area contributed by atoms with Gasteiger partial charge >= 0.3 is 0 Å². The van der Waals surface area contributed by atoms with Crippen LogP contribution < -0.4 is 0 Å². The van der Waals surface area contributed by atoms with Gasteiger partial charge in [0.05, 0.1) is 4.90 Å². The molecule has 0 aromatic heterocycles. The van der Waals surface area contributed by atoms with Crippen molar-refractivity contribution in [3.63, 3.8) is 0 Å². The highest BCUT2D eigenvalue weighted by Crippen LogP contribution is 2.28. The van der Waals surface area contributed by atoms with E-state index in [-0.39, 0.29) is 37.0 Å². The minimum Gasteiger partial charge on any atom is -0.365 e. The number of amides is 1. The summed E-state index contributed by atoms with van der Waals surface area (Å²) in [6, 6.07) is 2.51. The first kappa shape index (κ1) is 18.2. The number of carbonyl (C=O) groups is 1. The Kier molecular flexibility index (Phi) is 4.82. The van der Waals surface area contributed by atoms with E-state index >= 15 is 0 Å². The number of ether oxygens (including phenoxy) is 1. The number of benzene rings is 1. The minimum atomic E-state index is -3.93. The van der Waals surface area contributed by atoms with Crippen molar-refractivity contribution in [1.82, 2.24) is 9.21 Å². The predicted octanol–water partition coefficient (Wildman–Crippen LogP) is 1.37. The van der Waals surface area contributed by atoms with Crippen molar-refractivity contribution in [3.05, 3.63) is 29.8 Å². The summed E-state index contributed by atoms with van der Waals surface area (Å²) in [4.78, 5) is 13.9. The maximum Gasteiger partial charge on any atom is 0.254 e. The molecule has 0 saturated carbocycles. The first-order chi connectivity index (χ1) is 11.7. The van der Waals surface area contributed by atoms with E-state index in [0.717, 1.165) is 18.6 Å². The van der Waals surface area contributed by atoms with Gasteiger partial charge in [-0.05, 0) is 38.0 Å². The average Bonchev–Trinajstić information content (AvgIpc) is 3.04. The van der Waals surface area contributed by atoms with Crippen LogP contribution in [0.1, 0.15) is 19.8 Å². The van der Waals surface area contributed by atoms with Crippen LogP contribution in [0.25, 0.3) is 0 Å². The lowest BCUT2D eigenvalue weighted by Gasteiger charge is -2.37. The van der Waals surface area contributed by atoms with Gasteiger partial charge in [-0.15, -0.1) is 0 Å². The third-order valence-corrected chi connectivity index (χ3v) is 6.62. The fraction of sp³-hybridized carbons (Fsp3) is 0.562. The van der Waals surface area contributed by atoms with E-state index in [1.54, 1.807) is 11.8 Å². The van der Waals surface area contributed by atoms with Gasteiger partial charge in [0.1, 0.15) is 5.60 Å². The quantitative estimate of drug-likeness (QED) is 0.802. The summed E-state index contributed by atoms with van der Waals surface area (Å²) in [7, 11) is -3.93. The molecule has 0 spiro atoms. The van der Waals surface area contributed by atoms with Gasteiger partial charge in [0.15, 0.2) is 11.6 Å². The maximum atomic E-state index is 13.3. The third-order valence-electron chi connectivity index (χ3n) is 4.73. The molecular formula is C16H20F2N2O4S. The fourth-order valence-electron chi connectivity index (χ4n) is 3.20. The highest BCUT2D eigenvalue weighted by molar-refractivity contribution is 7.89. The Morgan fingerprint density at radius 3 is 2.40 bits per heavy atom. The summed E-state index contributed by atoms with van der Waals surface area (Å²) < 4.78 is 58.2. The van der Waals surface area contributed by atoms with Crippen LogP contribution in [0, 0.1) is 11.6 Å². The molecule has 1 aromatic carbocycles. The zero-order valence-electron chi connectivity index (χ0n) is 13.9. The molecule has 6 nitrogen and oxygen atoms in total. The minimum absolute atomic E-state index is 0.100. The number of piperazine rings is 1. The number of rotatable bonds is 3. The lowest BCUT2D eigenvalue weighted by molar-refractivity contribution is -0.152. The molecule has 0 bridgehead atoms. The van der Waals surface area contributed by atoms with Gasteiger partial charge in [0.25, 0.3) is 5.91 Å². The van der Waals surface area contributed by atoms with Crippen LogP contribution in [0.2, 0.25) is 0 Å². The van der Waals surface area contributed by atoms with Crippen molar-refractivity contribution in [2.45, 2.75) is 30.3 Å². The highest BCUT2D eigenvalue weighted by Gasteiger charge is 2.42. The normalized spacial score (nSPS) is 25.3. The SMILES string of the molecule is C[C@]1(C(=O)N2CCN(S(=O)(=O)c3ccc(F)c(F)c3)CC2)CCCO1. The topological polar surface area (TPSA) is 66.9 Å². The predicted molar refractivity (Wildman–Crippen MR) is 85.3 cm³/mol. The molecule has 2 fully saturated rings. The van der Waals surface area contributed by atoms with Crippen LogP contribution >= 0.6 is 0 Å². The molecule has 1 aromatic rings. The molecule has 0 radical (unpaired) electrons. The molecular weight excluding hydrogens is 354 g/mol. The zero-order valence-corrected chi connectivity index (χ0v) is 14.7. The molecule has 138 valence electrons. The van der Waals surface area contributed by atoms with E-state index in [4.69, 9.17) is 4.74 Å². The van der Waals surface area contributed by atoms with Crippen LogP contribution in [0.3, 0.4) is 0 Å². The van der Waals surface area contributed by atoms with Crippen molar-refractivity contribution in [1.29, 1.82) is 0 Å². The third kappa shape index (κ3) is 3.40. The second-order valence-corrected chi connectivity index (χ2v) is 8.39. The van der Waals surface area contributed by atoms with Crippen molar-refractivity contribution >= 4 is 15.9 Å².